The van der Waals surface area contributed by atoms with Gasteiger partial charge in [-0.2, -0.15) is 0 Å². The van der Waals surface area contributed by atoms with Crippen LogP contribution in [0.25, 0.3) is 0 Å². The first kappa shape index (κ1) is 12.5. The molecule has 4 nitrogen and oxygen atoms in total. The average molecular weight is 243 g/mol. The summed E-state index contributed by atoms with van der Waals surface area (Å²) in [6, 6.07) is 4.61. The van der Waals surface area contributed by atoms with E-state index in [1.165, 1.54) is 13.2 Å². The molecule has 0 saturated heterocycles. The van der Waals surface area contributed by atoms with Crippen LogP contribution in [0, 0.1) is 0 Å². The Morgan fingerprint density at radius 2 is 2.06 bits per heavy atom. The van der Waals surface area contributed by atoms with Gasteiger partial charge < -0.3 is 9.84 Å². The van der Waals surface area contributed by atoms with E-state index in [9.17, 15) is 9.59 Å². The molecule has 0 fully saturated rings. The highest BCUT2D eigenvalue weighted by atomic mass is 35.5. The summed E-state index contributed by atoms with van der Waals surface area (Å²) in [6.07, 6.45) is -0.204. The second-order valence-corrected chi connectivity index (χ2v) is 3.57. The van der Waals surface area contributed by atoms with Crippen molar-refractivity contribution < 1.29 is 19.4 Å². The minimum absolute atomic E-state index is 0.0277. The molecule has 0 aliphatic rings. The highest BCUT2D eigenvalue weighted by molar-refractivity contribution is 6.32. The molecule has 0 aliphatic carbocycles. The number of benzene rings is 1. The second kappa shape index (κ2) is 5.51. The van der Waals surface area contributed by atoms with Crippen molar-refractivity contribution in [3.8, 4) is 5.75 Å². The molecule has 0 heterocycles. The lowest BCUT2D eigenvalue weighted by molar-refractivity contribution is -0.136. The zero-order valence-electron chi connectivity index (χ0n) is 8.70. The molecule has 0 aliphatic heterocycles. The molecule has 0 amide bonds. The number of ketones is 1. The first-order valence-corrected chi connectivity index (χ1v) is 5.01. The molecule has 5 heteroatoms. The van der Waals surface area contributed by atoms with Crippen LogP contribution in [0.15, 0.2) is 18.2 Å². The Kier molecular flexibility index (Phi) is 4.31. The quantitative estimate of drug-likeness (QED) is 0.806. The summed E-state index contributed by atoms with van der Waals surface area (Å²) in [5.41, 5.74) is 0.405. The van der Waals surface area contributed by atoms with Gasteiger partial charge in [0.25, 0.3) is 0 Å². The Morgan fingerprint density at radius 3 is 2.62 bits per heavy atom. The van der Waals surface area contributed by atoms with E-state index in [0.29, 0.717) is 16.3 Å². The van der Waals surface area contributed by atoms with Crippen molar-refractivity contribution in [3.05, 3.63) is 28.8 Å². The summed E-state index contributed by atoms with van der Waals surface area (Å²) in [4.78, 5) is 21.9. The molecule has 0 aromatic heterocycles. The lowest BCUT2D eigenvalue weighted by Crippen LogP contribution is -2.04. The maximum Gasteiger partial charge on any atom is 0.303 e. The van der Waals surface area contributed by atoms with Gasteiger partial charge in [0.05, 0.1) is 18.6 Å². The van der Waals surface area contributed by atoms with Crippen molar-refractivity contribution >= 4 is 23.4 Å². The first-order chi connectivity index (χ1) is 7.54. The first-order valence-electron chi connectivity index (χ1n) is 4.63. The van der Waals surface area contributed by atoms with E-state index in [2.05, 4.69) is 0 Å². The Bertz CT molecular complexity index is 414. The van der Waals surface area contributed by atoms with E-state index in [1.54, 1.807) is 12.1 Å². The van der Waals surface area contributed by atoms with Gasteiger partial charge in [-0.05, 0) is 18.2 Å². The number of hydrogen-bond donors (Lipinski definition) is 1. The molecule has 16 heavy (non-hydrogen) atoms. The fraction of sp³-hybridized carbons (Fsp3) is 0.273. The van der Waals surface area contributed by atoms with Crippen molar-refractivity contribution in [2.75, 3.05) is 7.11 Å². The molecule has 86 valence electrons. The van der Waals surface area contributed by atoms with E-state index in [4.69, 9.17) is 21.4 Å². The van der Waals surface area contributed by atoms with E-state index < -0.39 is 5.97 Å². The lowest BCUT2D eigenvalue weighted by atomic mass is 10.1. The highest BCUT2D eigenvalue weighted by Crippen LogP contribution is 2.25. The molecule has 0 saturated carbocycles. The molecule has 0 atom stereocenters. The summed E-state index contributed by atoms with van der Waals surface area (Å²) in [5, 5.41) is 8.87. The Hall–Kier alpha value is -1.55. The van der Waals surface area contributed by atoms with Crippen LogP contribution in [0.2, 0.25) is 5.02 Å². The van der Waals surface area contributed by atoms with Crippen LogP contribution in [-0.2, 0) is 4.79 Å². The fourth-order valence-electron chi connectivity index (χ4n) is 1.20. The fourth-order valence-corrected chi connectivity index (χ4v) is 1.39. The third-order valence-electron chi connectivity index (χ3n) is 2.04. The molecule has 0 radical (unpaired) electrons. The number of halogens is 1. The Labute approximate surface area is 97.8 Å². The SMILES string of the molecule is COc1cc(C(=O)CCC(=O)O)ccc1Cl. The number of rotatable bonds is 5. The third-order valence-corrected chi connectivity index (χ3v) is 2.35. The Balaban J connectivity index is 2.80. The minimum Gasteiger partial charge on any atom is -0.495 e. The van der Waals surface area contributed by atoms with E-state index in [1.807, 2.05) is 0 Å². The smallest absolute Gasteiger partial charge is 0.303 e. The summed E-state index contributed by atoms with van der Waals surface area (Å²) < 4.78 is 4.96. The zero-order valence-corrected chi connectivity index (χ0v) is 9.45. The summed E-state index contributed by atoms with van der Waals surface area (Å²) in [7, 11) is 1.45. The molecule has 1 aromatic rings. The average Bonchev–Trinajstić information content (AvgIpc) is 2.26. The number of aliphatic carboxylic acids is 1. The summed E-state index contributed by atoms with van der Waals surface area (Å²) in [6.45, 7) is 0. The van der Waals surface area contributed by atoms with Gasteiger partial charge in [-0.25, -0.2) is 0 Å². The highest BCUT2D eigenvalue weighted by Gasteiger charge is 2.10. The van der Waals surface area contributed by atoms with Gasteiger partial charge in [0.1, 0.15) is 5.75 Å². The second-order valence-electron chi connectivity index (χ2n) is 3.17. The number of carboxylic acid groups (broad SMARTS) is 1. The number of Topliss-reactive ketones (excluding diaryl/α,β-unsaturated/α-hetero) is 1. The van der Waals surface area contributed by atoms with Crippen molar-refractivity contribution in [2.45, 2.75) is 12.8 Å². The van der Waals surface area contributed by atoms with Gasteiger partial charge in [0.15, 0.2) is 5.78 Å². The van der Waals surface area contributed by atoms with E-state index in [0.717, 1.165) is 0 Å². The number of hydrogen-bond acceptors (Lipinski definition) is 3. The Morgan fingerprint density at radius 1 is 1.38 bits per heavy atom. The molecule has 1 aromatic carbocycles. The predicted molar refractivity (Wildman–Crippen MR) is 59.2 cm³/mol. The van der Waals surface area contributed by atoms with Crippen molar-refractivity contribution in [1.82, 2.24) is 0 Å². The standard InChI is InChI=1S/C11H11ClO4/c1-16-10-6-7(2-3-8(10)12)9(13)4-5-11(14)15/h2-3,6H,4-5H2,1H3,(H,14,15). The van der Waals surface area contributed by atoms with Gasteiger partial charge in [0, 0.05) is 12.0 Å². The van der Waals surface area contributed by atoms with Gasteiger partial charge >= 0.3 is 5.97 Å². The van der Waals surface area contributed by atoms with Crippen molar-refractivity contribution in [1.29, 1.82) is 0 Å². The topological polar surface area (TPSA) is 63.6 Å². The summed E-state index contributed by atoms with van der Waals surface area (Å²) >= 11 is 5.80. The van der Waals surface area contributed by atoms with Crippen LogP contribution in [0.4, 0.5) is 0 Å². The van der Waals surface area contributed by atoms with Gasteiger partial charge in [-0.15, -0.1) is 0 Å². The number of methoxy groups -OCH3 is 1. The molecule has 0 spiro atoms. The van der Waals surface area contributed by atoms with Crippen LogP contribution >= 0.6 is 11.6 Å². The molecule has 0 bridgehead atoms. The molecular weight excluding hydrogens is 232 g/mol. The van der Waals surface area contributed by atoms with Crippen LogP contribution in [0.3, 0.4) is 0 Å². The van der Waals surface area contributed by atoms with Crippen LogP contribution in [-0.4, -0.2) is 24.0 Å². The summed E-state index contributed by atoms with van der Waals surface area (Å²) in [5.74, 6) is -0.825. The van der Waals surface area contributed by atoms with E-state index >= 15 is 0 Å². The molecule has 1 N–H and O–H groups in total. The number of carbonyl (C=O) groups is 2. The van der Waals surface area contributed by atoms with Crippen LogP contribution in [0.1, 0.15) is 23.2 Å². The van der Waals surface area contributed by atoms with E-state index in [-0.39, 0.29) is 18.6 Å². The normalized spacial score (nSPS) is 9.88. The minimum atomic E-state index is -0.991. The zero-order chi connectivity index (χ0) is 12.1. The lowest BCUT2D eigenvalue weighted by Gasteiger charge is -2.05. The third kappa shape index (κ3) is 3.24. The molecule has 1 rings (SSSR count). The number of ether oxygens (including phenoxy) is 1. The number of carbonyl (C=O) groups excluding carboxylic acids is 1. The van der Waals surface area contributed by atoms with Crippen LogP contribution in [0.5, 0.6) is 5.75 Å². The maximum absolute atomic E-state index is 11.6. The maximum atomic E-state index is 11.6. The monoisotopic (exact) mass is 242 g/mol. The van der Waals surface area contributed by atoms with Gasteiger partial charge in [-0.1, -0.05) is 11.6 Å². The van der Waals surface area contributed by atoms with Crippen LogP contribution < -0.4 is 4.74 Å². The molecule has 0 unspecified atom stereocenters. The predicted octanol–water partition coefficient (Wildman–Crippen LogP) is 2.40. The van der Waals surface area contributed by atoms with Crippen molar-refractivity contribution in [3.63, 3.8) is 0 Å². The largest absolute Gasteiger partial charge is 0.495 e. The van der Waals surface area contributed by atoms with Gasteiger partial charge in [-0.3, -0.25) is 9.59 Å². The van der Waals surface area contributed by atoms with Crippen molar-refractivity contribution in [2.24, 2.45) is 0 Å². The molecular formula is C11H11ClO4. The number of carboxylic acids is 1. The van der Waals surface area contributed by atoms with Gasteiger partial charge in [0.2, 0.25) is 0 Å².